The van der Waals surface area contributed by atoms with Crippen molar-refractivity contribution in [3.8, 4) is 0 Å². The number of carbonyl (C=O) groups is 2. The molecule has 4 heteroatoms. The second-order valence-corrected chi connectivity index (χ2v) is 3.41. The Kier molecular flexibility index (Phi) is 3.25. The minimum Gasteiger partial charge on any atom is -0.321 e. The molecule has 1 aromatic carbocycles. The van der Waals surface area contributed by atoms with Crippen molar-refractivity contribution in [2.24, 2.45) is 0 Å². The summed E-state index contributed by atoms with van der Waals surface area (Å²) >= 11 is 0. The number of nitrogens with one attached hydrogen (secondary N) is 1. The van der Waals surface area contributed by atoms with Crippen molar-refractivity contribution in [2.75, 3.05) is 5.32 Å². The first-order valence-corrected chi connectivity index (χ1v) is 5.07. The minimum atomic E-state index is -0.274. The summed E-state index contributed by atoms with van der Waals surface area (Å²) in [4.78, 5) is 26.1. The van der Waals surface area contributed by atoms with Gasteiger partial charge in [0.1, 0.15) is 12.0 Å². The summed E-state index contributed by atoms with van der Waals surface area (Å²) in [6, 6.07) is 11.7. The van der Waals surface area contributed by atoms with Crippen molar-refractivity contribution < 1.29 is 9.59 Å². The fourth-order valence-electron chi connectivity index (χ4n) is 1.34. The maximum absolute atomic E-state index is 11.7. The summed E-state index contributed by atoms with van der Waals surface area (Å²) in [6.07, 6.45) is 2.31. The van der Waals surface area contributed by atoms with E-state index in [-0.39, 0.29) is 5.91 Å². The van der Waals surface area contributed by atoms with Crippen molar-refractivity contribution in [1.29, 1.82) is 0 Å². The molecule has 1 heterocycles. The highest BCUT2D eigenvalue weighted by Gasteiger charge is 2.05. The van der Waals surface area contributed by atoms with E-state index in [0.717, 1.165) is 6.29 Å². The molecule has 17 heavy (non-hydrogen) atoms. The van der Waals surface area contributed by atoms with Gasteiger partial charge < -0.3 is 5.32 Å². The zero-order valence-corrected chi connectivity index (χ0v) is 8.96. The highest BCUT2D eigenvalue weighted by molar-refractivity contribution is 6.02. The van der Waals surface area contributed by atoms with Gasteiger partial charge in [-0.25, -0.2) is 0 Å². The number of anilines is 1. The predicted octanol–water partition coefficient (Wildman–Crippen LogP) is 2.15. The summed E-state index contributed by atoms with van der Waals surface area (Å²) < 4.78 is 0. The van der Waals surface area contributed by atoms with Crippen LogP contribution in [0.4, 0.5) is 5.69 Å². The lowest BCUT2D eigenvalue weighted by Gasteiger charge is -2.04. The third kappa shape index (κ3) is 2.75. The summed E-state index contributed by atoms with van der Waals surface area (Å²) in [5.41, 5.74) is 1.55. The Morgan fingerprint density at radius 3 is 2.47 bits per heavy atom. The number of hydrogen-bond donors (Lipinski definition) is 1. The van der Waals surface area contributed by atoms with Gasteiger partial charge in [-0.05, 0) is 36.4 Å². The molecule has 0 bridgehead atoms. The second kappa shape index (κ2) is 5.03. The second-order valence-electron chi connectivity index (χ2n) is 3.41. The van der Waals surface area contributed by atoms with Crippen LogP contribution in [0.15, 0.2) is 48.7 Å². The fourth-order valence-corrected chi connectivity index (χ4v) is 1.34. The van der Waals surface area contributed by atoms with Gasteiger partial charge in [-0.2, -0.15) is 0 Å². The Bertz CT molecular complexity index is 521. The molecule has 0 spiro atoms. The van der Waals surface area contributed by atoms with Crippen molar-refractivity contribution in [3.63, 3.8) is 0 Å². The summed E-state index contributed by atoms with van der Waals surface area (Å²) in [5, 5.41) is 2.69. The Balaban J connectivity index is 2.10. The fraction of sp³-hybridized carbons (Fsp3) is 0. The van der Waals surface area contributed by atoms with Gasteiger partial charge in [0.2, 0.25) is 0 Å². The zero-order valence-electron chi connectivity index (χ0n) is 8.96. The molecule has 0 atom stereocenters. The average molecular weight is 226 g/mol. The van der Waals surface area contributed by atoms with Crippen LogP contribution < -0.4 is 5.32 Å². The van der Waals surface area contributed by atoms with E-state index in [1.807, 2.05) is 0 Å². The summed E-state index contributed by atoms with van der Waals surface area (Å²) in [6.45, 7) is 0. The third-order valence-electron chi connectivity index (χ3n) is 2.20. The van der Waals surface area contributed by atoms with Crippen LogP contribution in [0.3, 0.4) is 0 Å². The van der Waals surface area contributed by atoms with Crippen LogP contribution in [0.25, 0.3) is 0 Å². The molecule has 2 aromatic rings. The molecule has 0 aliphatic heterocycles. The summed E-state index contributed by atoms with van der Waals surface area (Å²) in [7, 11) is 0. The van der Waals surface area contributed by atoms with E-state index in [9.17, 15) is 9.59 Å². The number of amides is 1. The molecular formula is C13H10N2O2. The standard InChI is InChI=1S/C13H10N2O2/c16-9-10-4-6-11(7-5-10)15-13(17)12-3-1-2-8-14-12/h1-9H,(H,15,17). The molecule has 2 rings (SSSR count). The first-order valence-electron chi connectivity index (χ1n) is 5.07. The van der Waals surface area contributed by atoms with Crippen molar-refractivity contribution in [3.05, 3.63) is 59.9 Å². The number of pyridine rings is 1. The van der Waals surface area contributed by atoms with E-state index < -0.39 is 0 Å². The van der Waals surface area contributed by atoms with Crippen LogP contribution in [0.2, 0.25) is 0 Å². The molecule has 84 valence electrons. The van der Waals surface area contributed by atoms with Gasteiger partial charge in [-0.3, -0.25) is 14.6 Å². The van der Waals surface area contributed by atoms with E-state index in [1.54, 1.807) is 48.7 Å². The van der Waals surface area contributed by atoms with Crippen LogP contribution in [0.1, 0.15) is 20.8 Å². The maximum Gasteiger partial charge on any atom is 0.274 e. The minimum absolute atomic E-state index is 0.274. The molecule has 0 aliphatic carbocycles. The third-order valence-corrected chi connectivity index (χ3v) is 2.20. The molecule has 1 N–H and O–H groups in total. The van der Waals surface area contributed by atoms with Gasteiger partial charge in [0.15, 0.2) is 0 Å². The lowest BCUT2D eigenvalue weighted by atomic mass is 10.2. The van der Waals surface area contributed by atoms with Crippen molar-refractivity contribution in [1.82, 2.24) is 4.98 Å². The van der Waals surface area contributed by atoms with E-state index in [4.69, 9.17) is 0 Å². The average Bonchev–Trinajstić information content (AvgIpc) is 2.40. The number of carbonyl (C=O) groups excluding carboxylic acids is 2. The van der Waals surface area contributed by atoms with Crippen LogP contribution in [-0.2, 0) is 0 Å². The Morgan fingerprint density at radius 2 is 1.88 bits per heavy atom. The van der Waals surface area contributed by atoms with Crippen LogP contribution in [0, 0.1) is 0 Å². The molecule has 0 aliphatic rings. The highest BCUT2D eigenvalue weighted by Crippen LogP contribution is 2.09. The van der Waals surface area contributed by atoms with Crippen molar-refractivity contribution >= 4 is 17.9 Å². The normalized spacial score (nSPS) is 9.65. The Hall–Kier alpha value is -2.49. The van der Waals surface area contributed by atoms with Crippen LogP contribution in [-0.4, -0.2) is 17.2 Å². The first kappa shape index (κ1) is 11.0. The molecule has 4 nitrogen and oxygen atoms in total. The molecule has 0 saturated carbocycles. The summed E-state index contributed by atoms with van der Waals surface area (Å²) in [5.74, 6) is -0.274. The van der Waals surface area contributed by atoms with E-state index in [2.05, 4.69) is 10.3 Å². The monoisotopic (exact) mass is 226 g/mol. The molecule has 0 radical (unpaired) electrons. The van der Waals surface area contributed by atoms with Gasteiger partial charge in [0.25, 0.3) is 5.91 Å². The molecule has 0 saturated heterocycles. The SMILES string of the molecule is O=Cc1ccc(NC(=O)c2ccccn2)cc1. The molecule has 1 amide bonds. The van der Waals surface area contributed by atoms with Gasteiger partial charge in [0.05, 0.1) is 0 Å². The smallest absolute Gasteiger partial charge is 0.274 e. The van der Waals surface area contributed by atoms with Gasteiger partial charge in [0, 0.05) is 17.4 Å². The van der Waals surface area contributed by atoms with Gasteiger partial charge in [-0.15, -0.1) is 0 Å². The van der Waals surface area contributed by atoms with E-state index in [0.29, 0.717) is 16.9 Å². The number of rotatable bonds is 3. The van der Waals surface area contributed by atoms with Crippen molar-refractivity contribution in [2.45, 2.75) is 0 Å². The van der Waals surface area contributed by atoms with E-state index >= 15 is 0 Å². The predicted molar refractivity (Wildman–Crippen MR) is 64.0 cm³/mol. The Morgan fingerprint density at radius 1 is 1.12 bits per heavy atom. The molecule has 0 fully saturated rings. The lowest BCUT2D eigenvalue weighted by Crippen LogP contribution is -2.13. The number of hydrogen-bond acceptors (Lipinski definition) is 3. The molecular weight excluding hydrogens is 216 g/mol. The molecule has 1 aromatic heterocycles. The zero-order chi connectivity index (χ0) is 12.1. The maximum atomic E-state index is 11.7. The van der Waals surface area contributed by atoms with Crippen LogP contribution in [0.5, 0.6) is 0 Å². The number of nitrogens with zero attached hydrogens (tertiary/aromatic N) is 1. The van der Waals surface area contributed by atoms with E-state index in [1.165, 1.54) is 0 Å². The van der Waals surface area contributed by atoms with Crippen LogP contribution >= 0.6 is 0 Å². The Labute approximate surface area is 98.3 Å². The number of aldehydes is 1. The van der Waals surface area contributed by atoms with Gasteiger partial charge in [-0.1, -0.05) is 6.07 Å². The first-order chi connectivity index (χ1) is 8.29. The highest BCUT2D eigenvalue weighted by atomic mass is 16.1. The number of aromatic nitrogens is 1. The largest absolute Gasteiger partial charge is 0.321 e. The number of benzene rings is 1. The topological polar surface area (TPSA) is 59.1 Å². The lowest BCUT2D eigenvalue weighted by molar-refractivity contribution is 0.102. The quantitative estimate of drug-likeness (QED) is 0.816. The van der Waals surface area contributed by atoms with Gasteiger partial charge >= 0.3 is 0 Å². The molecule has 0 unspecified atom stereocenters.